The van der Waals surface area contributed by atoms with Crippen LogP contribution in [0, 0.1) is 0 Å². The number of morpholine rings is 1. The van der Waals surface area contributed by atoms with Gasteiger partial charge in [-0.25, -0.2) is 8.42 Å². The van der Waals surface area contributed by atoms with E-state index < -0.39 is 15.9 Å². The van der Waals surface area contributed by atoms with Crippen molar-refractivity contribution in [1.29, 1.82) is 0 Å². The lowest BCUT2D eigenvalue weighted by Gasteiger charge is -2.26. The highest BCUT2D eigenvalue weighted by Gasteiger charge is 2.30. The van der Waals surface area contributed by atoms with Gasteiger partial charge in [0.2, 0.25) is 15.9 Å². The molecule has 0 radical (unpaired) electrons. The van der Waals surface area contributed by atoms with E-state index >= 15 is 0 Å². The molecule has 0 atom stereocenters. The van der Waals surface area contributed by atoms with Crippen molar-refractivity contribution in [3.63, 3.8) is 0 Å². The van der Waals surface area contributed by atoms with E-state index in [1.807, 2.05) is 13.8 Å². The molecule has 2 rings (SSSR count). The maximum absolute atomic E-state index is 13.1. The van der Waals surface area contributed by atoms with Gasteiger partial charge in [0.05, 0.1) is 37.9 Å². The third kappa shape index (κ3) is 6.11. The molecule has 0 saturated carbocycles. The molecule has 1 fully saturated rings. The van der Waals surface area contributed by atoms with E-state index in [1.54, 1.807) is 4.90 Å². The predicted molar refractivity (Wildman–Crippen MR) is 119 cm³/mol. The zero-order valence-electron chi connectivity index (χ0n) is 19.2. The normalized spacial score (nSPS) is 14.6. The first kappa shape index (κ1) is 25.9. The van der Waals surface area contributed by atoms with E-state index in [9.17, 15) is 18.0 Å². The second kappa shape index (κ2) is 12.0. The lowest BCUT2D eigenvalue weighted by molar-refractivity contribution is -0.130. The van der Waals surface area contributed by atoms with Crippen LogP contribution < -0.4 is 14.8 Å². The Labute approximate surface area is 189 Å². The van der Waals surface area contributed by atoms with E-state index in [2.05, 4.69) is 5.32 Å². The van der Waals surface area contributed by atoms with Crippen molar-refractivity contribution in [1.82, 2.24) is 14.5 Å². The van der Waals surface area contributed by atoms with E-state index in [0.717, 1.165) is 0 Å². The molecule has 1 saturated heterocycles. The third-order valence-electron chi connectivity index (χ3n) is 5.27. The van der Waals surface area contributed by atoms with E-state index in [1.165, 1.54) is 30.7 Å². The van der Waals surface area contributed by atoms with Crippen LogP contribution in [0.15, 0.2) is 17.0 Å². The summed E-state index contributed by atoms with van der Waals surface area (Å²) < 4.78 is 43.4. The number of rotatable bonds is 11. The van der Waals surface area contributed by atoms with Gasteiger partial charge >= 0.3 is 0 Å². The van der Waals surface area contributed by atoms with Gasteiger partial charge in [-0.2, -0.15) is 4.31 Å². The summed E-state index contributed by atoms with van der Waals surface area (Å²) in [5, 5.41) is 2.74. The first-order valence-corrected chi connectivity index (χ1v) is 12.1. The summed E-state index contributed by atoms with van der Waals surface area (Å²) in [5.74, 6) is -0.189. The number of sulfonamides is 1. The Balaban J connectivity index is 2.19. The number of hydrogen-bond donors (Lipinski definition) is 1. The van der Waals surface area contributed by atoms with Gasteiger partial charge in [0.1, 0.15) is 0 Å². The zero-order chi connectivity index (χ0) is 23.7. The number of benzene rings is 1. The van der Waals surface area contributed by atoms with Crippen LogP contribution in [0.3, 0.4) is 0 Å². The second-order valence-electron chi connectivity index (χ2n) is 7.15. The van der Waals surface area contributed by atoms with Crippen LogP contribution >= 0.6 is 0 Å². The molecule has 32 heavy (non-hydrogen) atoms. The third-order valence-corrected chi connectivity index (χ3v) is 7.15. The number of hydrogen-bond acceptors (Lipinski definition) is 7. The fourth-order valence-corrected chi connectivity index (χ4v) is 4.91. The van der Waals surface area contributed by atoms with Crippen molar-refractivity contribution >= 4 is 21.8 Å². The molecule has 1 aromatic carbocycles. The summed E-state index contributed by atoms with van der Waals surface area (Å²) in [4.78, 5) is 26.6. The molecule has 1 aliphatic rings. The van der Waals surface area contributed by atoms with Gasteiger partial charge in [0.25, 0.3) is 5.91 Å². The lowest BCUT2D eigenvalue weighted by atomic mass is 10.1. The number of ether oxygens (including phenoxy) is 3. The topological polar surface area (TPSA) is 114 Å². The highest BCUT2D eigenvalue weighted by Crippen LogP contribution is 2.35. The van der Waals surface area contributed by atoms with Gasteiger partial charge in [-0.3, -0.25) is 9.59 Å². The Bertz CT molecular complexity index is 895. The van der Waals surface area contributed by atoms with Crippen LogP contribution in [0.25, 0.3) is 0 Å². The smallest absolute Gasteiger partial charge is 0.255 e. The minimum absolute atomic E-state index is 0.0297. The number of methoxy groups -OCH3 is 2. The number of carbonyl (C=O) groups excluding carboxylic acids is 2. The molecule has 0 spiro atoms. The summed E-state index contributed by atoms with van der Waals surface area (Å²) >= 11 is 0. The van der Waals surface area contributed by atoms with E-state index in [4.69, 9.17) is 14.2 Å². The number of nitrogens with one attached hydrogen (secondary N) is 1. The Hall–Kier alpha value is -2.37. The van der Waals surface area contributed by atoms with Crippen molar-refractivity contribution in [3.05, 3.63) is 17.7 Å². The first-order chi connectivity index (χ1) is 15.3. The molecule has 1 aromatic rings. The van der Waals surface area contributed by atoms with Gasteiger partial charge in [-0.05, 0) is 26.3 Å². The molecule has 180 valence electrons. The van der Waals surface area contributed by atoms with Crippen LogP contribution in [0.1, 0.15) is 37.0 Å². The summed E-state index contributed by atoms with van der Waals surface area (Å²) in [7, 11) is -1.08. The predicted octanol–water partition coefficient (Wildman–Crippen LogP) is 1.10. The highest BCUT2D eigenvalue weighted by atomic mass is 32.2. The van der Waals surface area contributed by atoms with Gasteiger partial charge in [0.15, 0.2) is 11.5 Å². The fraction of sp³-hybridized carbons (Fsp3) is 0.619. The quantitative estimate of drug-likeness (QED) is 0.481. The van der Waals surface area contributed by atoms with Crippen molar-refractivity contribution in [2.24, 2.45) is 0 Å². The van der Waals surface area contributed by atoms with E-state index in [0.29, 0.717) is 39.1 Å². The maximum atomic E-state index is 13.1. The van der Waals surface area contributed by atoms with Crippen molar-refractivity contribution in [3.8, 4) is 11.5 Å². The summed E-state index contributed by atoms with van der Waals surface area (Å²) in [6.45, 7) is 6.47. The molecule has 1 heterocycles. The Morgan fingerprint density at radius 1 is 1.12 bits per heavy atom. The fourth-order valence-electron chi connectivity index (χ4n) is 3.46. The maximum Gasteiger partial charge on any atom is 0.255 e. The monoisotopic (exact) mass is 471 g/mol. The van der Waals surface area contributed by atoms with Crippen molar-refractivity contribution in [2.75, 3.05) is 60.2 Å². The molecule has 0 aliphatic carbocycles. The average Bonchev–Trinajstić information content (AvgIpc) is 2.81. The van der Waals surface area contributed by atoms with Crippen LogP contribution in [-0.2, 0) is 19.6 Å². The Morgan fingerprint density at radius 3 is 2.34 bits per heavy atom. The average molecular weight is 472 g/mol. The molecular formula is C21H33N3O7S. The number of amides is 2. The summed E-state index contributed by atoms with van der Waals surface area (Å²) in [6, 6.07) is 2.64. The summed E-state index contributed by atoms with van der Waals surface area (Å²) in [6.07, 6.45) is 0.778. The van der Waals surface area contributed by atoms with Crippen LogP contribution in [0.4, 0.5) is 0 Å². The largest absolute Gasteiger partial charge is 0.493 e. The van der Waals surface area contributed by atoms with Gasteiger partial charge < -0.3 is 24.4 Å². The number of nitrogens with zero attached hydrogens (tertiary/aromatic N) is 2. The van der Waals surface area contributed by atoms with Crippen LogP contribution in [0.2, 0.25) is 0 Å². The van der Waals surface area contributed by atoms with Crippen LogP contribution in [0.5, 0.6) is 11.5 Å². The minimum atomic E-state index is -3.84. The summed E-state index contributed by atoms with van der Waals surface area (Å²) in [5.41, 5.74) is 0.0498. The van der Waals surface area contributed by atoms with Gasteiger partial charge in [0, 0.05) is 45.2 Å². The minimum Gasteiger partial charge on any atom is -0.493 e. The van der Waals surface area contributed by atoms with Gasteiger partial charge in [-0.1, -0.05) is 0 Å². The molecule has 2 amide bonds. The molecule has 1 N–H and O–H groups in total. The molecule has 1 aliphatic heterocycles. The van der Waals surface area contributed by atoms with Crippen molar-refractivity contribution in [2.45, 2.75) is 31.6 Å². The second-order valence-corrected chi connectivity index (χ2v) is 9.09. The van der Waals surface area contributed by atoms with Crippen LogP contribution in [-0.4, -0.2) is 89.6 Å². The molecular weight excluding hydrogens is 438 g/mol. The Kier molecular flexibility index (Phi) is 9.73. The molecule has 0 bridgehead atoms. The molecule has 10 nitrogen and oxygen atoms in total. The SMILES string of the molecule is CCN(CC)C(=O)CCCNC(=O)c1cc(S(=O)(=O)N2CCOCC2)cc(OC)c1OC. The highest BCUT2D eigenvalue weighted by molar-refractivity contribution is 7.89. The van der Waals surface area contributed by atoms with E-state index in [-0.39, 0.29) is 47.5 Å². The standard InChI is InChI=1S/C21H33N3O7S/c1-5-23(6-2)19(25)8-7-9-22-21(26)17-14-16(15-18(29-3)20(17)30-4)32(27,28)24-10-12-31-13-11-24/h14-15H,5-13H2,1-4H3,(H,22,26). The van der Waals surface area contributed by atoms with Crippen molar-refractivity contribution < 1.29 is 32.2 Å². The van der Waals surface area contributed by atoms with Gasteiger partial charge in [-0.15, -0.1) is 0 Å². The zero-order valence-corrected chi connectivity index (χ0v) is 20.0. The Morgan fingerprint density at radius 2 is 1.78 bits per heavy atom. The first-order valence-electron chi connectivity index (χ1n) is 10.7. The lowest BCUT2D eigenvalue weighted by Crippen LogP contribution is -2.40. The number of carbonyl (C=O) groups is 2. The molecule has 11 heteroatoms. The molecule has 0 unspecified atom stereocenters. The molecule has 0 aromatic heterocycles.